The van der Waals surface area contributed by atoms with Gasteiger partial charge in [0.1, 0.15) is 11.8 Å². The Balaban J connectivity index is 3.04. The van der Waals surface area contributed by atoms with Gasteiger partial charge in [0, 0.05) is 5.56 Å². The van der Waals surface area contributed by atoms with Crippen molar-refractivity contribution < 1.29 is 5.11 Å². The number of nitriles is 1. The van der Waals surface area contributed by atoms with Gasteiger partial charge in [-0.3, -0.25) is 0 Å². The number of alkyl halides is 1. The smallest absolute Gasteiger partial charge is 0.134 e. The van der Waals surface area contributed by atoms with Crippen LogP contribution < -0.4 is 0 Å². The summed E-state index contributed by atoms with van der Waals surface area (Å²) in [6.07, 6.45) is 0. The first-order valence-electron chi connectivity index (χ1n) is 3.56. The monoisotopic (exact) mass is 235 g/mol. The third-order valence-corrected chi connectivity index (χ3v) is 1.70. The van der Waals surface area contributed by atoms with E-state index < -0.39 is 0 Å². The van der Waals surface area contributed by atoms with E-state index in [0.717, 1.165) is 0 Å². The molecule has 64 valence electrons. The van der Waals surface area contributed by atoms with Crippen LogP contribution in [0.4, 0.5) is 0 Å². The van der Waals surface area contributed by atoms with Crippen LogP contribution in [0.1, 0.15) is 11.1 Å². The van der Waals surface area contributed by atoms with Crippen LogP contribution in [0.15, 0.2) is 18.2 Å². The lowest BCUT2D eigenvalue weighted by Gasteiger charge is -1.95. The van der Waals surface area contributed by atoms with Gasteiger partial charge in [-0.1, -0.05) is 27.8 Å². The summed E-state index contributed by atoms with van der Waals surface area (Å²) >= 11 is 3.17. The molecule has 0 saturated heterocycles. The maximum atomic E-state index is 9.29. The van der Waals surface area contributed by atoms with Crippen molar-refractivity contribution in [1.82, 2.24) is 0 Å². The average molecular weight is 236 g/mol. The van der Waals surface area contributed by atoms with E-state index in [4.69, 9.17) is 5.26 Å². The average Bonchev–Trinajstić information content (AvgIpc) is 2.15. The van der Waals surface area contributed by atoms with E-state index in [0.29, 0.717) is 10.9 Å². The van der Waals surface area contributed by atoms with Gasteiger partial charge in [0.25, 0.3) is 0 Å². The topological polar surface area (TPSA) is 44.0 Å². The summed E-state index contributed by atoms with van der Waals surface area (Å²) < 4.78 is 0. The summed E-state index contributed by atoms with van der Waals surface area (Å²) in [7, 11) is 0. The molecule has 1 N–H and O–H groups in total. The fraction of sp³-hybridized carbons (Fsp3) is 0.100. The number of hydrogen-bond acceptors (Lipinski definition) is 2. The van der Waals surface area contributed by atoms with Gasteiger partial charge in [0.05, 0.1) is 10.9 Å². The summed E-state index contributed by atoms with van der Waals surface area (Å²) in [5.41, 5.74) is 0.973. The molecule has 2 nitrogen and oxygen atoms in total. The molecule has 0 atom stereocenters. The number of nitrogens with zero attached hydrogens (tertiary/aromatic N) is 1. The molecule has 0 aliphatic carbocycles. The fourth-order valence-corrected chi connectivity index (χ4v) is 0.980. The SMILES string of the molecule is N#Cc1ccc(C#CCBr)cc1O. The number of phenolic OH excluding ortho intramolecular Hbond substituents is 1. The van der Waals surface area contributed by atoms with Crippen LogP contribution in [0.25, 0.3) is 0 Å². The fourth-order valence-electron chi connectivity index (χ4n) is 0.839. The van der Waals surface area contributed by atoms with Gasteiger partial charge in [-0.05, 0) is 18.2 Å². The maximum Gasteiger partial charge on any atom is 0.134 e. The Labute approximate surface area is 84.9 Å². The molecule has 0 aliphatic rings. The molecule has 3 heteroatoms. The van der Waals surface area contributed by atoms with E-state index in [1.807, 2.05) is 6.07 Å². The van der Waals surface area contributed by atoms with Crippen molar-refractivity contribution in [2.24, 2.45) is 0 Å². The zero-order valence-electron chi connectivity index (χ0n) is 6.71. The molecule has 0 aromatic heterocycles. The molecule has 0 spiro atoms. The van der Waals surface area contributed by atoms with E-state index in [9.17, 15) is 5.11 Å². The van der Waals surface area contributed by atoms with Crippen LogP contribution in [0.2, 0.25) is 0 Å². The quantitative estimate of drug-likeness (QED) is 0.553. The Bertz CT molecular complexity index is 409. The van der Waals surface area contributed by atoms with Crippen molar-refractivity contribution in [3.63, 3.8) is 0 Å². The van der Waals surface area contributed by atoms with Crippen molar-refractivity contribution in [3.8, 4) is 23.7 Å². The van der Waals surface area contributed by atoms with Crippen molar-refractivity contribution >= 4 is 15.9 Å². The molecular weight excluding hydrogens is 230 g/mol. The standard InChI is InChI=1S/C10H6BrNO/c11-5-1-2-8-3-4-9(7-12)10(13)6-8/h3-4,6,13H,5H2. The summed E-state index contributed by atoms with van der Waals surface area (Å²) in [5, 5.41) is 18.4. The first-order valence-corrected chi connectivity index (χ1v) is 4.68. The minimum absolute atomic E-state index is 0.0242. The molecule has 0 bridgehead atoms. The Hall–Kier alpha value is -1.45. The minimum atomic E-state index is -0.0242. The van der Waals surface area contributed by atoms with E-state index in [1.54, 1.807) is 12.1 Å². The van der Waals surface area contributed by atoms with Crippen LogP contribution in [0.5, 0.6) is 5.75 Å². The summed E-state index contributed by atoms with van der Waals surface area (Å²) in [4.78, 5) is 0. The van der Waals surface area contributed by atoms with Crippen LogP contribution in [-0.4, -0.2) is 10.4 Å². The van der Waals surface area contributed by atoms with Crippen molar-refractivity contribution in [1.29, 1.82) is 5.26 Å². The molecule has 0 fully saturated rings. The highest BCUT2D eigenvalue weighted by Gasteiger charge is 1.98. The summed E-state index contributed by atoms with van der Waals surface area (Å²) in [6, 6.07) is 6.60. The van der Waals surface area contributed by atoms with Gasteiger partial charge >= 0.3 is 0 Å². The van der Waals surface area contributed by atoms with Gasteiger partial charge in [0.15, 0.2) is 0 Å². The second-order valence-electron chi connectivity index (χ2n) is 2.28. The predicted molar refractivity (Wildman–Crippen MR) is 53.5 cm³/mol. The van der Waals surface area contributed by atoms with Crippen LogP contribution in [0, 0.1) is 23.2 Å². The molecule has 1 aromatic rings. The van der Waals surface area contributed by atoms with Crippen LogP contribution in [0.3, 0.4) is 0 Å². The third kappa shape index (κ3) is 2.50. The highest BCUT2D eigenvalue weighted by atomic mass is 79.9. The Morgan fingerprint density at radius 1 is 1.46 bits per heavy atom. The lowest BCUT2D eigenvalue weighted by atomic mass is 10.1. The molecule has 13 heavy (non-hydrogen) atoms. The van der Waals surface area contributed by atoms with Crippen LogP contribution >= 0.6 is 15.9 Å². The molecule has 0 radical (unpaired) electrons. The van der Waals surface area contributed by atoms with Gasteiger partial charge in [0.2, 0.25) is 0 Å². The minimum Gasteiger partial charge on any atom is -0.507 e. The number of phenols is 1. The number of rotatable bonds is 0. The summed E-state index contributed by atoms with van der Waals surface area (Å²) in [5.74, 6) is 5.60. The lowest BCUT2D eigenvalue weighted by Crippen LogP contribution is -1.79. The Kier molecular flexibility index (Phi) is 3.37. The molecule has 0 amide bonds. The number of benzene rings is 1. The van der Waals surface area contributed by atoms with Gasteiger partial charge < -0.3 is 5.11 Å². The molecule has 1 rings (SSSR count). The second-order valence-corrected chi connectivity index (χ2v) is 2.84. The van der Waals surface area contributed by atoms with E-state index in [1.165, 1.54) is 6.07 Å². The largest absolute Gasteiger partial charge is 0.507 e. The summed E-state index contributed by atoms with van der Waals surface area (Å²) in [6.45, 7) is 0. The van der Waals surface area contributed by atoms with Crippen LogP contribution in [-0.2, 0) is 0 Å². The van der Waals surface area contributed by atoms with E-state index >= 15 is 0 Å². The normalized spacial score (nSPS) is 8.31. The lowest BCUT2D eigenvalue weighted by molar-refractivity contribution is 0.473. The van der Waals surface area contributed by atoms with Gasteiger partial charge in [-0.2, -0.15) is 5.26 Å². The van der Waals surface area contributed by atoms with E-state index in [2.05, 4.69) is 27.8 Å². The number of aromatic hydroxyl groups is 1. The molecule has 0 aliphatic heterocycles. The Morgan fingerprint density at radius 3 is 2.77 bits per heavy atom. The third-order valence-electron chi connectivity index (χ3n) is 1.42. The molecule has 0 heterocycles. The van der Waals surface area contributed by atoms with E-state index in [-0.39, 0.29) is 11.3 Å². The molecule has 0 saturated carbocycles. The zero-order valence-corrected chi connectivity index (χ0v) is 8.30. The molecular formula is C10H6BrNO. The zero-order chi connectivity index (χ0) is 9.68. The molecule has 1 aromatic carbocycles. The van der Waals surface area contributed by atoms with Crippen molar-refractivity contribution in [2.75, 3.05) is 5.33 Å². The maximum absolute atomic E-state index is 9.29. The van der Waals surface area contributed by atoms with Gasteiger partial charge in [-0.25, -0.2) is 0 Å². The predicted octanol–water partition coefficient (Wildman–Crippen LogP) is 2.01. The highest BCUT2D eigenvalue weighted by molar-refractivity contribution is 9.09. The number of hydrogen-bond donors (Lipinski definition) is 1. The van der Waals surface area contributed by atoms with Crippen molar-refractivity contribution in [3.05, 3.63) is 29.3 Å². The first-order chi connectivity index (χ1) is 6.27. The molecule has 0 unspecified atom stereocenters. The number of halogens is 1. The first kappa shape index (κ1) is 9.64. The highest BCUT2D eigenvalue weighted by Crippen LogP contribution is 2.16. The van der Waals surface area contributed by atoms with Gasteiger partial charge in [-0.15, -0.1) is 0 Å². The Morgan fingerprint density at radius 2 is 2.23 bits per heavy atom. The second kappa shape index (κ2) is 4.54. The van der Waals surface area contributed by atoms with Crippen molar-refractivity contribution in [2.45, 2.75) is 0 Å².